The first kappa shape index (κ1) is 17.7. The zero-order chi connectivity index (χ0) is 16.0. The molecule has 0 spiro atoms. The van der Waals surface area contributed by atoms with Gasteiger partial charge in [-0.2, -0.15) is 0 Å². The van der Waals surface area contributed by atoms with E-state index in [1.807, 2.05) is 26.8 Å². The van der Waals surface area contributed by atoms with Crippen LogP contribution in [-0.4, -0.2) is 38.4 Å². The van der Waals surface area contributed by atoms with Gasteiger partial charge in [0, 0.05) is 26.1 Å². The van der Waals surface area contributed by atoms with Crippen LogP contribution in [0.3, 0.4) is 0 Å². The zero-order valence-electron chi connectivity index (χ0n) is 13.1. The van der Waals surface area contributed by atoms with E-state index in [1.165, 1.54) is 6.92 Å². The molecule has 1 aromatic rings. The molecule has 1 atom stereocenters. The first-order valence-electron chi connectivity index (χ1n) is 7.11. The van der Waals surface area contributed by atoms with E-state index in [9.17, 15) is 13.2 Å². The third kappa shape index (κ3) is 5.13. The molecule has 0 aliphatic carbocycles. The highest BCUT2D eigenvalue weighted by molar-refractivity contribution is 7.89. The number of hydrogen-bond donors (Lipinski definition) is 1. The van der Waals surface area contributed by atoms with Gasteiger partial charge in [-0.25, -0.2) is 13.1 Å². The molecule has 0 aromatic heterocycles. The van der Waals surface area contributed by atoms with Crippen molar-refractivity contribution >= 4 is 15.9 Å². The van der Waals surface area contributed by atoms with Crippen molar-refractivity contribution in [1.82, 2.24) is 9.62 Å². The van der Waals surface area contributed by atoms with Gasteiger partial charge in [-0.1, -0.05) is 19.1 Å². The smallest absolute Gasteiger partial charge is 0.240 e. The molecule has 1 amide bonds. The van der Waals surface area contributed by atoms with Crippen molar-refractivity contribution < 1.29 is 13.2 Å². The number of rotatable bonds is 7. The summed E-state index contributed by atoms with van der Waals surface area (Å²) in [5, 5.41) is 0. The van der Waals surface area contributed by atoms with E-state index in [4.69, 9.17) is 0 Å². The van der Waals surface area contributed by atoms with Gasteiger partial charge in [-0.15, -0.1) is 0 Å². The standard InChI is InChI=1S/C15H24N2O3S/c1-5-13(3)17(14(4)18)10-9-16-21(19,20)15-8-6-7-12(2)11-15/h6-8,11,13,16H,5,9-10H2,1-4H3. The van der Waals surface area contributed by atoms with Crippen LogP contribution < -0.4 is 4.72 Å². The van der Waals surface area contributed by atoms with E-state index in [1.54, 1.807) is 23.1 Å². The largest absolute Gasteiger partial charge is 0.339 e. The first-order chi connectivity index (χ1) is 9.77. The number of carbonyl (C=O) groups is 1. The van der Waals surface area contributed by atoms with Crippen molar-refractivity contribution in [3.05, 3.63) is 29.8 Å². The van der Waals surface area contributed by atoms with Crippen molar-refractivity contribution in [3.8, 4) is 0 Å². The lowest BCUT2D eigenvalue weighted by Crippen LogP contribution is -2.42. The van der Waals surface area contributed by atoms with E-state index in [2.05, 4.69) is 4.72 Å². The van der Waals surface area contributed by atoms with Crippen LogP contribution in [0, 0.1) is 6.92 Å². The zero-order valence-corrected chi connectivity index (χ0v) is 13.9. The minimum absolute atomic E-state index is 0.0425. The van der Waals surface area contributed by atoms with Crippen LogP contribution in [0.1, 0.15) is 32.8 Å². The van der Waals surface area contributed by atoms with Crippen LogP contribution in [0.4, 0.5) is 0 Å². The second-order valence-electron chi connectivity index (χ2n) is 5.18. The minimum atomic E-state index is -3.52. The molecule has 1 rings (SSSR count). The third-order valence-corrected chi connectivity index (χ3v) is 4.93. The van der Waals surface area contributed by atoms with Gasteiger partial charge >= 0.3 is 0 Å². The number of amides is 1. The molecule has 1 unspecified atom stereocenters. The first-order valence-corrected chi connectivity index (χ1v) is 8.59. The number of carbonyl (C=O) groups excluding carboxylic acids is 1. The Morgan fingerprint density at radius 3 is 2.57 bits per heavy atom. The molecular formula is C15H24N2O3S. The molecule has 0 fully saturated rings. The SMILES string of the molecule is CCC(C)N(CCNS(=O)(=O)c1cccc(C)c1)C(C)=O. The average molecular weight is 312 g/mol. The van der Waals surface area contributed by atoms with Gasteiger partial charge in [0.2, 0.25) is 15.9 Å². The molecule has 0 saturated carbocycles. The summed E-state index contributed by atoms with van der Waals surface area (Å²) in [4.78, 5) is 13.5. The third-order valence-electron chi connectivity index (χ3n) is 3.47. The maximum Gasteiger partial charge on any atom is 0.240 e. The van der Waals surface area contributed by atoms with Crippen molar-refractivity contribution in [2.24, 2.45) is 0 Å². The summed E-state index contributed by atoms with van der Waals surface area (Å²) < 4.78 is 26.9. The predicted molar refractivity (Wildman–Crippen MR) is 83.5 cm³/mol. The normalized spacial score (nSPS) is 13.0. The second kappa shape index (κ2) is 7.56. The van der Waals surface area contributed by atoms with Crippen LogP contribution in [0.5, 0.6) is 0 Å². The van der Waals surface area contributed by atoms with Gasteiger partial charge in [0.05, 0.1) is 4.90 Å². The van der Waals surface area contributed by atoms with Crippen LogP contribution >= 0.6 is 0 Å². The van der Waals surface area contributed by atoms with E-state index < -0.39 is 10.0 Å². The Kier molecular flexibility index (Phi) is 6.36. The molecule has 1 N–H and O–H groups in total. The Hall–Kier alpha value is -1.40. The summed E-state index contributed by atoms with van der Waals surface area (Å²) in [6, 6.07) is 6.85. The molecule has 5 nitrogen and oxygen atoms in total. The number of benzene rings is 1. The molecule has 0 radical (unpaired) electrons. The number of nitrogens with zero attached hydrogens (tertiary/aromatic N) is 1. The topological polar surface area (TPSA) is 66.5 Å². The summed E-state index contributed by atoms with van der Waals surface area (Å²) >= 11 is 0. The van der Waals surface area contributed by atoms with Gasteiger partial charge in [-0.3, -0.25) is 4.79 Å². The molecule has 0 aliphatic heterocycles. The quantitative estimate of drug-likeness (QED) is 0.836. The van der Waals surface area contributed by atoms with Crippen LogP contribution in [0.25, 0.3) is 0 Å². The van der Waals surface area contributed by atoms with E-state index in [-0.39, 0.29) is 23.4 Å². The van der Waals surface area contributed by atoms with Crippen LogP contribution in [-0.2, 0) is 14.8 Å². The maximum absolute atomic E-state index is 12.2. The maximum atomic E-state index is 12.2. The summed E-state index contributed by atoms with van der Waals surface area (Å²) in [7, 11) is -3.52. The number of nitrogens with one attached hydrogen (secondary N) is 1. The van der Waals surface area contributed by atoms with Crippen LogP contribution in [0.2, 0.25) is 0 Å². The highest BCUT2D eigenvalue weighted by Gasteiger charge is 2.17. The average Bonchev–Trinajstić information content (AvgIpc) is 2.42. The predicted octanol–water partition coefficient (Wildman–Crippen LogP) is 1.92. The Balaban J connectivity index is 2.67. The molecule has 0 saturated heterocycles. The molecule has 21 heavy (non-hydrogen) atoms. The fraction of sp³-hybridized carbons (Fsp3) is 0.533. The minimum Gasteiger partial charge on any atom is -0.339 e. The Morgan fingerprint density at radius 1 is 1.38 bits per heavy atom. The molecule has 6 heteroatoms. The highest BCUT2D eigenvalue weighted by Crippen LogP contribution is 2.10. The van der Waals surface area contributed by atoms with E-state index in [0.29, 0.717) is 6.54 Å². The van der Waals surface area contributed by atoms with Crippen molar-refractivity contribution in [2.45, 2.75) is 45.1 Å². The summed E-state index contributed by atoms with van der Waals surface area (Å²) in [5.74, 6) is -0.0425. The lowest BCUT2D eigenvalue weighted by Gasteiger charge is -2.27. The van der Waals surface area contributed by atoms with Crippen molar-refractivity contribution in [3.63, 3.8) is 0 Å². The Labute approximate surface area is 127 Å². The summed E-state index contributed by atoms with van der Waals surface area (Å²) in [5.41, 5.74) is 0.892. The van der Waals surface area contributed by atoms with Gasteiger partial charge in [0.15, 0.2) is 0 Å². The van der Waals surface area contributed by atoms with Crippen LogP contribution in [0.15, 0.2) is 29.2 Å². The molecule has 0 bridgehead atoms. The van der Waals surface area contributed by atoms with Gasteiger partial charge in [0.25, 0.3) is 0 Å². The monoisotopic (exact) mass is 312 g/mol. The van der Waals surface area contributed by atoms with Crippen molar-refractivity contribution in [1.29, 1.82) is 0 Å². The molecule has 0 aliphatic rings. The van der Waals surface area contributed by atoms with Gasteiger partial charge < -0.3 is 4.90 Å². The van der Waals surface area contributed by atoms with E-state index >= 15 is 0 Å². The highest BCUT2D eigenvalue weighted by atomic mass is 32.2. The Bertz CT molecular complexity index is 584. The number of aryl methyl sites for hydroxylation is 1. The van der Waals surface area contributed by atoms with Crippen molar-refractivity contribution in [2.75, 3.05) is 13.1 Å². The molecule has 0 heterocycles. The number of sulfonamides is 1. The van der Waals surface area contributed by atoms with Gasteiger partial charge in [-0.05, 0) is 38.0 Å². The number of hydrogen-bond acceptors (Lipinski definition) is 3. The molecule has 118 valence electrons. The fourth-order valence-electron chi connectivity index (χ4n) is 2.07. The second-order valence-corrected chi connectivity index (χ2v) is 6.95. The lowest BCUT2D eigenvalue weighted by molar-refractivity contribution is -0.130. The van der Waals surface area contributed by atoms with E-state index in [0.717, 1.165) is 12.0 Å². The fourth-order valence-corrected chi connectivity index (χ4v) is 3.20. The molecule has 1 aromatic carbocycles. The lowest BCUT2D eigenvalue weighted by atomic mass is 10.2. The van der Waals surface area contributed by atoms with Gasteiger partial charge in [0.1, 0.15) is 0 Å². The Morgan fingerprint density at radius 2 is 2.05 bits per heavy atom. The molecular weight excluding hydrogens is 288 g/mol. The summed E-state index contributed by atoms with van der Waals surface area (Å²) in [6.07, 6.45) is 0.838. The summed E-state index contributed by atoms with van der Waals surface area (Å²) in [6.45, 7) is 7.88.